The number of aromatic nitrogens is 2. The van der Waals surface area contributed by atoms with Gasteiger partial charge in [0.2, 0.25) is 0 Å². The summed E-state index contributed by atoms with van der Waals surface area (Å²) < 4.78 is 38.3. The summed E-state index contributed by atoms with van der Waals surface area (Å²) in [5.74, 6) is 0.582. The minimum Gasteiger partial charge on any atom is -0.387 e. The van der Waals surface area contributed by atoms with Crippen LogP contribution in [0.25, 0.3) is 11.0 Å². The second-order valence-electron chi connectivity index (χ2n) is 6.76. The summed E-state index contributed by atoms with van der Waals surface area (Å²) in [4.78, 5) is 3.90. The Bertz CT molecular complexity index is 905. The summed E-state index contributed by atoms with van der Waals surface area (Å²) in [6, 6.07) is 2.96. The van der Waals surface area contributed by atoms with Gasteiger partial charge in [-0.1, -0.05) is 82.1 Å². The van der Waals surface area contributed by atoms with Gasteiger partial charge in [-0.2, -0.15) is 13.2 Å². The Morgan fingerprint density at radius 3 is 2.06 bits per heavy atom. The van der Waals surface area contributed by atoms with Crippen molar-refractivity contribution >= 4 is 34.2 Å². The lowest BCUT2D eigenvalue weighted by Gasteiger charge is -2.05. The Labute approximate surface area is 219 Å². The van der Waals surface area contributed by atoms with Crippen molar-refractivity contribution in [3.63, 3.8) is 0 Å². The zero-order valence-corrected chi connectivity index (χ0v) is 23.2. The maximum Gasteiger partial charge on any atom is 0.396 e. The van der Waals surface area contributed by atoms with E-state index in [2.05, 4.69) is 36.5 Å². The molecule has 198 valence electrons. The third kappa shape index (κ3) is 14.7. The lowest BCUT2D eigenvalue weighted by molar-refractivity contribution is -0.128. The average molecular weight is 535 g/mol. The highest BCUT2D eigenvalue weighted by Crippen LogP contribution is 2.29. The van der Waals surface area contributed by atoms with Crippen LogP contribution in [0.1, 0.15) is 53.3 Å². The monoisotopic (exact) mass is 533 g/mol. The van der Waals surface area contributed by atoms with Crippen molar-refractivity contribution in [3.05, 3.63) is 77.7 Å². The summed E-state index contributed by atoms with van der Waals surface area (Å²) in [5, 5.41) is 3.58. The van der Waals surface area contributed by atoms with E-state index in [4.69, 9.17) is 23.2 Å². The van der Waals surface area contributed by atoms with Crippen molar-refractivity contribution in [1.82, 2.24) is 14.9 Å². The van der Waals surface area contributed by atoms with Gasteiger partial charge in [0, 0.05) is 13.6 Å². The van der Waals surface area contributed by atoms with Gasteiger partial charge in [-0.15, -0.1) is 13.2 Å². The quantitative estimate of drug-likeness (QED) is 0.387. The first kappa shape index (κ1) is 35.0. The highest BCUT2D eigenvalue weighted by molar-refractivity contribution is 6.42. The fraction of sp³-hybridized carbons (Fsp3) is 0.444. The van der Waals surface area contributed by atoms with Crippen LogP contribution in [0.2, 0.25) is 10.0 Å². The molecule has 0 fully saturated rings. The van der Waals surface area contributed by atoms with Crippen LogP contribution in [0.15, 0.2) is 61.9 Å². The van der Waals surface area contributed by atoms with Gasteiger partial charge in [-0.3, -0.25) is 0 Å². The Kier molecular flexibility index (Phi) is 20.0. The van der Waals surface area contributed by atoms with Gasteiger partial charge in [0.1, 0.15) is 12.2 Å². The number of nitrogens with one attached hydrogen (secondary N) is 1. The van der Waals surface area contributed by atoms with E-state index < -0.39 is 12.6 Å². The van der Waals surface area contributed by atoms with Crippen LogP contribution >= 0.6 is 23.2 Å². The van der Waals surface area contributed by atoms with Crippen LogP contribution in [0.4, 0.5) is 13.2 Å². The summed E-state index contributed by atoms with van der Waals surface area (Å²) in [6.07, 6.45) is 8.81. The molecule has 1 aliphatic heterocycles. The maximum atomic E-state index is 12.3. The Morgan fingerprint density at radius 1 is 1.11 bits per heavy atom. The van der Waals surface area contributed by atoms with Crippen LogP contribution in [-0.4, -0.2) is 22.3 Å². The normalized spacial score (nSPS) is 12.2. The van der Waals surface area contributed by atoms with Crippen molar-refractivity contribution in [1.29, 1.82) is 0 Å². The minimum atomic E-state index is -4.29. The molecule has 35 heavy (non-hydrogen) atoms. The number of aryl methyl sites for hydroxylation is 1. The number of dihydropyridines is 1. The number of nitrogens with zero attached hydrogens (tertiary/aromatic N) is 2. The van der Waals surface area contributed by atoms with Gasteiger partial charge in [0.15, 0.2) is 0 Å². The first-order valence-corrected chi connectivity index (χ1v) is 12.5. The smallest absolute Gasteiger partial charge is 0.387 e. The van der Waals surface area contributed by atoms with E-state index in [1.165, 1.54) is 30.2 Å². The molecule has 0 amide bonds. The van der Waals surface area contributed by atoms with Gasteiger partial charge in [-0.25, -0.2) is 4.98 Å². The SMILES string of the molecule is C1=CCNC=C1.C=CCC(C=C)CC.CC.CC.Cn1c(CC(F)(F)F)nc2cc(Cl)c(Cl)cc21. The molecule has 0 bridgehead atoms. The average Bonchev–Trinajstić information content (AvgIpc) is 3.14. The van der Waals surface area contributed by atoms with E-state index in [-0.39, 0.29) is 10.8 Å². The molecule has 2 heterocycles. The molecule has 8 heteroatoms. The van der Waals surface area contributed by atoms with Gasteiger partial charge < -0.3 is 9.88 Å². The van der Waals surface area contributed by atoms with Crippen LogP contribution < -0.4 is 5.32 Å². The van der Waals surface area contributed by atoms with E-state index in [0.29, 0.717) is 22.0 Å². The molecule has 1 aromatic heterocycles. The van der Waals surface area contributed by atoms with E-state index in [1.54, 1.807) is 0 Å². The molecule has 1 atom stereocenters. The number of rotatable bonds is 5. The molecule has 1 aromatic carbocycles. The molecule has 1 N–H and O–H groups in total. The van der Waals surface area contributed by atoms with Crippen molar-refractivity contribution < 1.29 is 13.2 Å². The number of benzene rings is 1. The molecule has 0 radical (unpaired) electrons. The highest BCUT2D eigenvalue weighted by atomic mass is 35.5. The lowest BCUT2D eigenvalue weighted by atomic mass is 10.0. The molecule has 0 aliphatic carbocycles. The van der Waals surface area contributed by atoms with Crippen LogP contribution in [0.5, 0.6) is 0 Å². The van der Waals surface area contributed by atoms with Crippen LogP contribution in [0.3, 0.4) is 0 Å². The third-order valence-electron chi connectivity index (χ3n) is 4.40. The van der Waals surface area contributed by atoms with Gasteiger partial charge in [0.25, 0.3) is 0 Å². The Morgan fingerprint density at radius 2 is 1.71 bits per heavy atom. The van der Waals surface area contributed by atoms with Crippen molar-refractivity contribution in [3.8, 4) is 0 Å². The summed E-state index contributed by atoms with van der Waals surface area (Å²) in [5.41, 5.74) is 0.930. The van der Waals surface area contributed by atoms with Gasteiger partial charge in [-0.05, 0) is 43.2 Å². The predicted molar refractivity (Wildman–Crippen MR) is 148 cm³/mol. The Hall–Kier alpha value is -2.18. The standard InChI is InChI=1S/C10H7Cl2F3N2.C8H14.C5H7N.2C2H6/c1-17-8-3-6(12)5(11)2-7(8)16-9(17)4-10(13,14)15;1-4-7-8(5-2)6-3;1-2-4-6-5-3-1;2*1-2/h2-3H,4H2,1H3;4-5,8H,1-2,6-7H2,3H3;1-4,6H,5H2;2*1-2H3. The number of hydrogen-bond acceptors (Lipinski definition) is 2. The molecule has 3 nitrogen and oxygen atoms in total. The maximum absolute atomic E-state index is 12.3. The highest BCUT2D eigenvalue weighted by Gasteiger charge is 2.30. The van der Waals surface area contributed by atoms with Crippen molar-refractivity contribution in [2.75, 3.05) is 6.54 Å². The molecular weight excluding hydrogens is 494 g/mol. The Balaban J connectivity index is 0. The second-order valence-corrected chi connectivity index (χ2v) is 7.57. The molecule has 0 spiro atoms. The number of halogens is 5. The summed E-state index contributed by atoms with van der Waals surface area (Å²) in [6.45, 7) is 18.5. The topological polar surface area (TPSA) is 29.9 Å². The second kappa shape index (κ2) is 20.1. The molecule has 0 saturated carbocycles. The molecular formula is C27H40Cl2F3N3. The zero-order chi connectivity index (χ0) is 27.4. The fourth-order valence-electron chi connectivity index (χ4n) is 2.62. The van der Waals surface area contributed by atoms with E-state index >= 15 is 0 Å². The third-order valence-corrected chi connectivity index (χ3v) is 5.12. The molecule has 1 aliphatic rings. The van der Waals surface area contributed by atoms with E-state index in [9.17, 15) is 13.2 Å². The first-order valence-electron chi connectivity index (χ1n) is 11.8. The number of allylic oxidation sites excluding steroid dienone is 4. The molecule has 0 saturated heterocycles. The zero-order valence-electron chi connectivity index (χ0n) is 21.7. The minimum absolute atomic E-state index is 0.0640. The summed E-state index contributed by atoms with van der Waals surface area (Å²) in [7, 11) is 1.51. The fourth-order valence-corrected chi connectivity index (χ4v) is 2.94. The largest absolute Gasteiger partial charge is 0.396 e. The van der Waals surface area contributed by atoms with E-state index in [0.717, 1.165) is 13.0 Å². The van der Waals surface area contributed by atoms with Crippen LogP contribution in [0, 0.1) is 5.92 Å². The molecule has 1 unspecified atom stereocenters. The summed E-state index contributed by atoms with van der Waals surface area (Å²) >= 11 is 11.6. The van der Waals surface area contributed by atoms with Crippen molar-refractivity contribution in [2.24, 2.45) is 13.0 Å². The van der Waals surface area contributed by atoms with Gasteiger partial charge in [0.05, 0.1) is 21.1 Å². The van der Waals surface area contributed by atoms with Crippen LogP contribution in [-0.2, 0) is 13.5 Å². The van der Waals surface area contributed by atoms with Gasteiger partial charge >= 0.3 is 6.18 Å². The van der Waals surface area contributed by atoms with E-state index in [1.807, 2.05) is 58.2 Å². The molecule has 2 aromatic rings. The predicted octanol–water partition coefficient (Wildman–Crippen LogP) is 9.47. The molecule has 3 rings (SSSR count). The number of fused-ring (bicyclic) bond motifs is 1. The lowest BCUT2D eigenvalue weighted by Crippen LogP contribution is -2.15. The first-order chi connectivity index (χ1) is 16.6. The van der Waals surface area contributed by atoms with Crippen molar-refractivity contribution in [2.45, 2.75) is 60.1 Å². The number of imidazole rings is 1. The number of alkyl halides is 3. The number of hydrogen-bond donors (Lipinski definition) is 1.